The van der Waals surface area contributed by atoms with Gasteiger partial charge in [-0.3, -0.25) is 14.4 Å². The molecule has 32 heavy (non-hydrogen) atoms. The maximum Gasteiger partial charge on any atom is 0.303 e. The van der Waals surface area contributed by atoms with Gasteiger partial charge in [0.15, 0.2) is 11.6 Å². The molecule has 0 bridgehead atoms. The van der Waals surface area contributed by atoms with Gasteiger partial charge >= 0.3 is 5.97 Å². The molecule has 1 heterocycles. The van der Waals surface area contributed by atoms with Crippen molar-refractivity contribution in [3.63, 3.8) is 0 Å². The van der Waals surface area contributed by atoms with Crippen LogP contribution in [0.1, 0.15) is 65.7 Å². The third-order valence-corrected chi connectivity index (χ3v) is 10.8. The van der Waals surface area contributed by atoms with Crippen molar-refractivity contribution in [3.05, 3.63) is 11.6 Å². The highest BCUT2D eigenvalue weighted by atomic mass is 35.5. The molecule has 5 aliphatic rings. The maximum absolute atomic E-state index is 13.4. The molecule has 1 saturated heterocycles. The molecule has 0 amide bonds. The predicted molar refractivity (Wildman–Crippen MR) is 117 cm³/mol. The van der Waals surface area contributed by atoms with Crippen molar-refractivity contribution in [1.29, 1.82) is 0 Å². The number of ketones is 2. The predicted octanol–water partition coefficient (Wildman–Crippen LogP) is 3.53. The lowest BCUT2D eigenvalue weighted by Gasteiger charge is -2.58. The molecule has 9 atom stereocenters. The minimum absolute atomic E-state index is 0.0349. The van der Waals surface area contributed by atoms with Crippen molar-refractivity contribution in [2.24, 2.45) is 34.0 Å². The lowest BCUT2D eigenvalue weighted by molar-refractivity contribution is -0.146. The van der Waals surface area contributed by atoms with Crippen molar-refractivity contribution in [3.8, 4) is 0 Å². The van der Waals surface area contributed by atoms with Crippen molar-refractivity contribution in [1.82, 2.24) is 0 Å². The van der Waals surface area contributed by atoms with E-state index >= 15 is 0 Å². The van der Waals surface area contributed by atoms with E-state index in [1.54, 1.807) is 6.08 Å². The number of carbonyl (C=O) groups excluding carboxylic acids is 2. The van der Waals surface area contributed by atoms with Gasteiger partial charge in [0, 0.05) is 17.3 Å². The summed E-state index contributed by atoms with van der Waals surface area (Å²) in [5.74, 6) is -0.767. The van der Waals surface area contributed by atoms with E-state index in [1.807, 2.05) is 0 Å². The average Bonchev–Trinajstić information content (AvgIpc) is 3.39. The molecule has 2 N–H and O–H groups in total. The molecular formula is C25H33ClO6. The van der Waals surface area contributed by atoms with E-state index in [9.17, 15) is 24.6 Å². The van der Waals surface area contributed by atoms with Crippen LogP contribution in [0.2, 0.25) is 0 Å². The number of carboxylic acid groups (broad SMARTS) is 1. The van der Waals surface area contributed by atoms with Gasteiger partial charge in [0.2, 0.25) is 0 Å². The third kappa shape index (κ3) is 2.47. The van der Waals surface area contributed by atoms with Crippen LogP contribution < -0.4 is 0 Å². The lowest BCUT2D eigenvalue weighted by Crippen LogP contribution is -2.61. The molecule has 0 aromatic rings. The fourth-order valence-corrected chi connectivity index (χ4v) is 9.43. The summed E-state index contributed by atoms with van der Waals surface area (Å²) < 4.78 is 6.57. The Morgan fingerprint density at radius 2 is 1.97 bits per heavy atom. The van der Waals surface area contributed by atoms with E-state index in [0.29, 0.717) is 19.3 Å². The molecule has 1 aliphatic heterocycles. The van der Waals surface area contributed by atoms with Crippen molar-refractivity contribution < 1.29 is 29.3 Å². The number of carbonyl (C=O) groups is 3. The summed E-state index contributed by atoms with van der Waals surface area (Å²) in [7, 11) is 0. The number of Topliss-reactive ketones (excluding diaryl/α,β-unsaturated/α-hetero) is 1. The van der Waals surface area contributed by atoms with Crippen LogP contribution in [0.25, 0.3) is 0 Å². The molecule has 7 heteroatoms. The zero-order chi connectivity index (χ0) is 23.3. The first-order valence-corrected chi connectivity index (χ1v) is 12.4. The average molecular weight is 465 g/mol. The van der Waals surface area contributed by atoms with Gasteiger partial charge in [-0.1, -0.05) is 26.3 Å². The molecule has 176 valence electrons. The Morgan fingerprint density at radius 3 is 2.62 bits per heavy atom. The van der Waals surface area contributed by atoms with Gasteiger partial charge in [-0.15, -0.1) is 11.6 Å². The number of ether oxygens (including phenoxy) is 1. The number of epoxide rings is 1. The van der Waals surface area contributed by atoms with Gasteiger partial charge < -0.3 is 14.9 Å². The topological polar surface area (TPSA) is 104 Å². The van der Waals surface area contributed by atoms with E-state index in [1.165, 1.54) is 0 Å². The van der Waals surface area contributed by atoms with Gasteiger partial charge in [0.05, 0.1) is 12.0 Å². The Hall–Kier alpha value is -1.24. The fourth-order valence-electron chi connectivity index (χ4n) is 9.20. The molecule has 0 aromatic heterocycles. The van der Waals surface area contributed by atoms with Crippen LogP contribution in [-0.4, -0.2) is 51.4 Å². The molecular weight excluding hydrogens is 432 g/mol. The second-order valence-corrected chi connectivity index (χ2v) is 11.7. The number of alkyl halides is 1. The van der Waals surface area contributed by atoms with E-state index < -0.39 is 23.1 Å². The smallest absolute Gasteiger partial charge is 0.303 e. The second kappa shape index (κ2) is 6.89. The van der Waals surface area contributed by atoms with Crippen LogP contribution >= 0.6 is 11.6 Å². The standard InChI is InChI=1S/C25H33ClO6/c1-13-8-16-15-5-4-14-9-17(27)18(28)10-22(14,2)25(15)20(32-25)11-23(16,3)24(13,19(29)12-26)7-6-21(30)31/h9,13,15-16,18,20,28H,4-8,10-12H2,1-3H3,(H,30,31)/t13-,15+,16+,18?,20+,22+,23+,24-,25-/m1/s1. The normalized spacial score (nSPS) is 51.1. The van der Waals surface area contributed by atoms with Gasteiger partial charge in [0.1, 0.15) is 11.7 Å². The number of hydrogen-bond donors (Lipinski definition) is 2. The highest BCUT2D eigenvalue weighted by molar-refractivity contribution is 6.28. The Kier molecular flexibility index (Phi) is 4.86. The second-order valence-electron chi connectivity index (χ2n) is 11.5. The molecule has 6 nitrogen and oxygen atoms in total. The van der Waals surface area contributed by atoms with E-state index in [2.05, 4.69) is 20.8 Å². The number of aliphatic hydroxyl groups is 1. The summed E-state index contributed by atoms with van der Waals surface area (Å²) in [6, 6.07) is 0. The Morgan fingerprint density at radius 1 is 1.25 bits per heavy atom. The summed E-state index contributed by atoms with van der Waals surface area (Å²) in [5, 5.41) is 19.9. The van der Waals surface area contributed by atoms with Crippen LogP contribution in [0.5, 0.6) is 0 Å². The van der Waals surface area contributed by atoms with Gasteiger partial charge in [-0.05, 0) is 67.8 Å². The van der Waals surface area contributed by atoms with Crippen LogP contribution in [0.15, 0.2) is 11.6 Å². The molecule has 4 aliphatic carbocycles. The SMILES string of the molecule is C[C@@H]1C[C@H]2[C@@H]3CCC4=CC(=O)C(O)C[C@]4(C)[C@@]34O[C@H]4C[C@]2(C)[C@@]1(CCC(=O)O)C(=O)CCl. The first-order valence-electron chi connectivity index (χ1n) is 11.9. The summed E-state index contributed by atoms with van der Waals surface area (Å²) in [5.41, 5.74) is -0.856. The third-order valence-electron chi connectivity index (χ3n) is 10.6. The van der Waals surface area contributed by atoms with E-state index in [-0.39, 0.29) is 58.6 Å². The molecule has 4 fully saturated rings. The molecule has 1 spiro atoms. The zero-order valence-corrected chi connectivity index (χ0v) is 19.8. The monoisotopic (exact) mass is 464 g/mol. The minimum Gasteiger partial charge on any atom is -0.481 e. The first kappa shape index (κ1) is 22.5. The number of carboxylic acids is 1. The summed E-state index contributed by atoms with van der Waals surface area (Å²) >= 11 is 6.13. The molecule has 0 radical (unpaired) electrons. The Bertz CT molecular complexity index is 929. The fraction of sp³-hybridized carbons (Fsp3) is 0.800. The molecule has 1 unspecified atom stereocenters. The number of rotatable bonds is 5. The quantitative estimate of drug-likeness (QED) is 0.476. The lowest BCUT2D eigenvalue weighted by atomic mass is 9.44. The van der Waals surface area contributed by atoms with Crippen molar-refractivity contribution in [2.75, 3.05) is 5.88 Å². The zero-order valence-electron chi connectivity index (χ0n) is 19.0. The summed E-state index contributed by atoms with van der Waals surface area (Å²) in [4.78, 5) is 37.1. The number of aliphatic carboxylic acids is 1. The molecule has 3 saturated carbocycles. The largest absolute Gasteiger partial charge is 0.481 e. The van der Waals surface area contributed by atoms with Gasteiger partial charge in [-0.2, -0.15) is 0 Å². The number of fused-ring (bicyclic) bond motifs is 3. The Labute approximate surface area is 193 Å². The van der Waals surface area contributed by atoms with Crippen LogP contribution in [-0.2, 0) is 19.1 Å². The van der Waals surface area contributed by atoms with E-state index in [0.717, 1.165) is 24.8 Å². The maximum atomic E-state index is 13.4. The first-order chi connectivity index (χ1) is 15.0. The molecule has 5 rings (SSSR count). The summed E-state index contributed by atoms with van der Waals surface area (Å²) in [6.45, 7) is 6.41. The molecule has 0 aromatic carbocycles. The van der Waals surface area contributed by atoms with Crippen LogP contribution in [0, 0.1) is 34.0 Å². The highest BCUT2D eigenvalue weighted by Crippen LogP contribution is 2.79. The van der Waals surface area contributed by atoms with Gasteiger partial charge in [0.25, 0.3) is 0 Å². The van der Waals surface area contributed by atoms with Gasteiger partial charge in [-0.25, -0.2) is 0 Å². The number of aliphatic hydroxyl groups excluding tert-OH is 1. The van der Waals surface area contributed by atoms with Crippen molar-refractivity contribution >= 4 is 29.1 Å². The summed E-state index contributed by atoms with van der Waals surface area (Å²) in [6.07, 6.45) is 4.46. The highest BCUT2D eigenvalue weighted by Gasteiger charge is 2.82. The van der Waals surface area contributed by atoms with Crippen molar-refractivity contribution in [2.45, 2.75) is 83.5 Å². The number of hydrogen-bond acceptors (Lipinski definition) is 5. The van der Waals surface area contributed by atoms with E-state index in [4.69, 9.17) is 16.3 Å². The number of halogens is 1. The van der Waals surface area contributed by atoms with Crippen LogP contribution in [0.3, 0.4) is 0 Å². The van der Waals surface area contributed by atoms with Crippen LogP contribution in [0.4, 0.5) is 0 Å². The Balaban J connectivity index is 1.58. The minimum atomic E-state index is -0.995.